The molecule has 2 N–H and O–H groups in total. The standard InChI is InChI=1S/C8H13N3O3/c1-6(12)4-11-5-7(9-10-11)2-3-8(13)14/h5-6,12H,2-4H2,1H3,(H,13,14). The summed E-state index contributed by atoms with van der Waals surface area (Å²) in [6.07, 6.45) is 1.59. The van der Waals surface area contributed by atoms with Crippen molar-refractivity contribution in [2.45, 2.75) is 32.4 Å². The molecule has 0 aliphatic heterocycles. The summed E-state index contributed by atoms with van der Waals surface area (Å²) in [7, 11) is 0. The van der Waals surface area contributed by atoms with E-state index in [-0.39, 0.29) is 6.42 Å². The molecule has 1 aromatic rings. The first-order valence-electron chi connectivity index (χ1n) is 4.37. The Morgan fingerprint density at radius 1 is 1.71 bits per heavy atom. The molecule has 0 aliphatic carbocycles. The molecule has 0 aliphatic rings. The minimum Gasteiger partial charge on any atom is -0.481 e. The van der Waals surface area contributed by atoms with Gasteiger partial charge in [-0.15, -0.1) is 5.10 Å². The van der Waals surface area contributed by atoms with Gasteiger partial charge in [0.1, 0.15) is 0 Å². The molecular weight excluding hydrogens is 186 g/mol. The average Bonchev–Trinajstić information content (AvgIpc) is 2.47. The predicted molar refractivity (Wildman–Crippen MR) is 47.7 cm³/mol. The van der Waals surface area contributed by atoms with Gasteiger partial charge in [-0.05, 0) is 6.92 Å². The van der Waals surface area contributed by atoms with Crippen LogP contribution in [0.1, 0.15) is 19.0 Å². The molecule has 0 fully saturated rings. The summed E-state index contributed by atoms with van der Waals surface area (Å²) >= 11 is 0. The number of rotatable bonds is 5. The van der Waals surface area contributed by atoms with E-state index >= 15 is 0 Å². The molecule has 0 saturated heterocycles. The summed E-state index contributed by atoms with van der Waals surface area (Å²) in [5.74, 6) is -0.852. The maximum Gasteiger partial charge on any atom is 0.303 e. The minimum atomic E-state index is -0.852. The number of hydrogen-bond donors (Lipinski definition) is 2. The molecule has 6 nitrogen and oxygen atoms in total. The largest absolute Gasteiger partial charge is 0.481 e. The molecule has 1 rings (SSSR count). The van der Waals surface area contributed by atoms with Crippen molar-refractivity contribution in [2.75, 3.05) is 0 Å². The highest BCUT2D eigenvalue weighted by atomic mass is 16.4. The Bertz CT molecular complexity index is 309. The predicted octanol–water partition coefficient (Wildman–Crippen LogP) is -0.324. The van der Waals surface area contributed by atoms with Gasteiger partial charge in [-0.25, -0.2) is 4.68 Å². The van der Waals surface area contributed by atoms with Crippen LogP contribution in [0.5, 0.6) is 0 Å². The Hall–Kier alpha value is -1.43. The number of aliphatic carboxylic acids is 1. The summed E-state index contributed by atoms with van der Waals surface area (Å²) in [6, 6.07) is 0. The molecule has 1 atom stereocenters. The van der Waals surface area contributed by atoms with Gasteiger partial charge in [0.15, 0.2) is 0 Å². The van der Waals surface area contributed by atoms with Crippen LogP contribution in [0.25, 0.3) is 0 Å². The molecule has 78 valence electrons. The van der Waals surface area contributed by atoms with E-state index in [9.17, 15) is 4.79 Å². The van der Waals surface area contributed by atoms with E-state index < -0.39 is 12.1 Å². The third kappa shape index (κ3) is 3.53. The van der Waals surface area contributed by atoms with Crippen LogP contribution in [0.3, 0.4) is 0 Å². The first kappa shape index (κ1) is 10.6. The highest BCUT2D eigenvalue weighted by Crippen LogP contribution is 1.99. The fourth-order valence-corrected chi connectivity index (χ4v) is 1.05. The number of nitrogens with zero attached hydrogens (tertiary/aromatic N) is 3. The van der Waals surface area contributed by atoms with Gasteiger partial charge in [0.05, 0.1) is 24.8 Å². The third-order valence-corrected chi connectivity index (χ3v) is 1.63. The van der Waals surface area contributed by atoms with Gasteiger partial charge in [-0.2, -0.15) is 0 Å². The second-order valence-corrected chi connectivity index (χ2v) is 3.17. The van der Waals surface area contributed by atoms with Crippen LogP contribution in [0.15, 0.2) is 6.20 Å². The molecule has 0 saturated carbocycles. The Morgan fingerprint density at radius 2 is 2.43 bits per heavy atom. The zero-order valence-electron chi connectivity index (χ0n) is 7.92. The Morgan fingerprint density at radius 3 is 3.00 bits per heavy atom. The molecule has 1 heterocycles. The van der Waals surface area contributed by atoms with E-state index in [1.165, 1.54) is 4.68 Å². The molecule has 0 bridgehead atoms. The SMILES string of the molecule is CC(O)Cn1cc(CCC(=O)O)nn1. The number of carbonyl (C=O) groups is 1. The van der Waals surface area contributed by atoms with Gasteiger partial charge in [-0.3, -0.25) is 4.79 Å². The van der Waals surface area contributed by atoms with Crippen LogP contribution < -0.4 is 0 Å². The molecule has 0 amide bonds. The number of aryl methyl sites for hydroxylation is 1. The van der Waals surface area contributed by atoms with Crippen molar-refractivity contribution < 1.29 is 15.0 Å². The summed E-state index contributed by atoms with van der Waals surface area (Å²) < 4.78 is 1.50. The van der Waals surface area contributed by atoms with E-state index in [1.807, 2.05) is 0 Å². The Labute approximate surface area is 81.2 Å². The number of carboxylic acid groups (broad SMARTS) is 1. The zero-order valence-corrected chi connectivity index (χ0v) is 7.92. The molecule has 6 heteroatoms. The molecule has 0 aromatic carbocycles. The van der Waals surface area contributed by atoms with Gasteiger partial charge < -0.3 is 10.2 Å². The summed E-state index contributed by atoms with van der Waals surface area (Å²) in [5, 5.41) is 25.0. The van der Waals surface area contributed by atoms with Crippen molar-refractivity contribution >= 4 is 5.97 Å². The maximum absolute atomic E-state index is 10.3. The number of hydrogen-bond acceptors (Lipinski definition) is 4. The van der Waals surface area contributed by atoms with Crippen molar-refractivity contribution in [2.24, 2.45) is 0 Å². The topological polar surface area (TPSA) is 88.2 Å². The van der Waals surface area contributed by atoms with Crippen molar-refractivity contribution in [3.8, 4) is 0 Å². The monoisotopic (exact) mass is 199 g/mol. The summed E-state index contributed by atoms with van der Waals surface area (Å²) in [5.41, 5.74) is 0.632. The van der Waals surface area contributed by atoms with Gasteiger partial charge in [-0.1, -0.05) is 5.21 Å². The van der Waals surface area contributed by atoms with Crippen LogP contribution in [-0.4, -0.2) is 37.3 Å². The average molecular weight is 199 g/mol. The molecule has 14 heavy (non-hydrogen) atoms. The van der Waals surface area contributed by atoms with Crippen LogP contribution in [0, 0.1) is 0 Å². The zero-order chi connectivity index (χ0) is 10.6. The lowest BCUT2D eigenvalue weighted by atomic mass is 10.2. The third-order valence-electron chi connectivity index (χ3n) is 1.63. The lowest BCUT2D eigenvalue weighted by Gasteiger charge is -2.01. The lowest BCUT2D eigenvalue weighted by Crippen LogP contribution is -2.12. The number of aromatic nitrogens is 3. The van der Waals surface area contributed by atoms with E-state index in [2.05, 4.69) is 10.3 Å². The molecule has 0 radical (unpaired) electrons. The van der Waals surface area contributed by atoms with Crippen molar-refractivity contribution in [1.82, 2.24) is 15.0 Å². The maximum atomic E-state index is 10.3. The lowest BCUT2D eigenvalue weighted by molar-refractivity contribution is -0.136. The van der Waals surface area contributed by atoms with E-state index in [1.54, 1.807) is 13.1 Å². The van der Waals surface area contributed by atoms with Crippen molar-refractivity contribution in [3.05, 3.63) is 11.9 Å². The summed E-state index contributed by atoms with van der Waals surface area (Å²) in [4.78, 5) is 10.3. The van der Waals surface area contributed by atoms with Gasteiger partial charge in [0.2, 0.25) is 0 Å². The first-order valence-corrected chi connectivity index (χ1v) is 4.37. The molecular formula is C8H13N3O3. The molecule has 1 aromatic heterocycles. The fraction of sp³-hybridized carbons (Fsp3) is 0.625. The minimum absolute atomic E-state index is 0.0490. The van der Waals surface area contributed by atoms with Gasteiger partial charge in [0, 0.05) is 12.6 Å². The number of aliphatic hydroxyl groups is 1. The van der Waals surface area contributed by atoms with Crippen LogP contribution in [0.2, 0.25) is 0 Å². The summed E-state index contributed by atoms with van der Waals surface area (Å²) in [6.45, 7) is 2.03. The van der Waals surface area contributed by atoms with Gasteiger partial charge >= 0.3 is 5.97 Å². The van der Waals surface area contributed by atoms with E-state index in [4.69, 9.17) is 10.2 Å². The first-order chi connectivity index (χ1) is 6.58. The van der Waals surface area contributed by atoms with Crippen LogP contribution >= 0.6 is 0 Å². The van der Waals surface area contributed by atoms with Crippen molar-refractivity contribution in [3.63, 3.8) is 0 Å². The quantitative estimate of drug-likeness (QED) is 0.678. The fourth-order valence-electron chi connectivity index (χ4n) is 1.05. The van der Waals surface area contributed by atoms with E-state index in [0.717, 1.165) is 0 Å². The van der Waals surface area contributed by atoms with E-state index in [0.29, 0.717) is 18.7 Å². The second kappa shape index (κ2) is 4.71. The second-order valence-electron chi connectivity index (χ2n) is 3.17. The van der Waals surface area contributed by atoms with Crippen LogP contribution in [-0.2, 0) is 17.8 Å². The number of aliphatic hydroxyl groups excluding tert-OH is 1. The van der Waals surface area contributed by atoms with Crippen LogP contribution in [0.4, 0.5) is 0 Å². The highest BCUT2D eigenvalue weighted by molar-refractivity contribution is 5.66. The smallest absolute Gasteiger partial charge is 0.303 e. The Kier molecular flexibility index (Phi) is 3.58. The highest BCUT2D eigenvalue weighted by Gasteiger charge is 2.05. The normalized spacial score (nSPS) is 12.7. The number of carboxylic acids is 1. The molecule has 1 unspecified atom stereocenters. The molecule has 0 spiro atoms. The van der Waals surface area contributed by atoms with Crippen molar-refractivity contribution in [1.29, 1.82) is 0 Å². The Balaban J connectivity index is 2.46. The van der Waals surface area contributed by atoms with Gasteiger partial charge in [0.25, 0.3) is 0 Å².